The van der Waals surface area contributed by atoms with Crippen LogP contribution in [0.1, 0.15) is 54.3 Å². The van der Waals surface area contributed by atoms with Crippen LogP contribution in [0.4, 0.5) is 5.69 Å². The maximum Gasteiger partial charge on any atom is 0.373 e. The summed E-state index contributed by atoms with van der Waals surface area (Å²) in [6, 6.07) is 13.6. The van der Waals surface area contributed by atoms with Crippen LogP contribution in [0.2, 0.25) is 0 Å². The maximum atomic E-state index is 13.4. The number of fused-ring (bicyclic) bond motifs is 3. The van der Waals surface area contributed by atoms with Gasteiger partial charge in [-0.15, -0.1) is 0 Å². The molecule has 2 aliphatic rings. The molecule has 1 aromatic heterocycles. The molecule has 0 saturated heterocycles. The molecule has 3 aromatic rings. The fourth-order valence-electron chi connectivity index (χ4n) is 4.83. The Morgan fingerprint density at radius 1 is 1.16 bits per heavy atom. The van der Waals surface area contributed by atoms with Gasteiger partial charge in [0.25, 0.3) is 0 Å². The summed E-state index contributed by atoms with van der Waals surface area (Å²) in [7, 11) is 1.33. The van der Waals surface area contributed by atoms with Crippen LogP contribution >= 0.6 is 15.9 Å². The van der Waals surface area contributed by atoms with E-state index in [0.717, 1.165) is 44.4 Å². The molecule has 1 unspecified atom stereocenters. The number of furan rings is 1. The van der Waals surface area contributed by atoms with E-state index in [1.54, 1.807) is 6.07 Å². The highest BCUT2D eigenvalue weighted by Crippen LogP contribution is 2.51. The Morgan fingerprint density at radius 2 is 1.90 bits per heavy atom. The van der Waals surface area contributed by atoms with Crippen LogP contribution < -0.4 is 5.32 Å². The van der Waals surface area contributed by atoms with Crippen molar-refractivity contribution in [3.63, 3.8) is 0 Å². The molecule has 0 saturated carbocycles. The Hall–Kier alpha value is -2.86. The van der Waals surface area contributed by atoms with Gasteiger partial charge >= 0.3 is 5.97 Å². The number of anilines is 1. The summed E-state index contributed by atoms with van der Waals surface area (Å²) in [5.41, 5.74) is 5.20. The van der Waals surface area contributed by atoms with Crippen LogP contribution in [0.15, 0.2) is 62.6 Å². The Bertz CT molecular complexity index is 1270. The van der Waals surface area contributed by atoms with Crippen molar-refractivity contribution < 1.29 is 18.7 Å². The van der Waals surface area contributed by atoms with Gasteiger partial charge in [-0.05, 0) is 53.3 Å². The highest BCUT2D eigenvalue weighted by atomic mass is 79.9. The Kier molecular flexibility index (Phi) is 4.59. The zero-order valence-corrected chi connectivity index (χ0v) is 19.1. The van der Waals surface area contributed by atoms with E-state index in [1.807, 2.05) is 36.4 Å². The number of nitrogens with one attached hydrogen (secondary N) is 1. The Morgan fingerprint density at radius 3 is 2.61 bits per heavy atom. The number of hydrogen-bond donors (Lipinski definition) is 1. The quantitative estimate of drug-likeness (QED) is 0.444. The summed E-state index contributed by atoms with van der Waals surface area (Å²) in [5.74, 6) is -0.457. The smallest absolute Gasteiger partial charge is 0.373 e. The molecular formula is C25H22BrNO4. The molecule has 5 nitrogen and oxygen atoms in total. The Balaban J connectivity index is 1.78. The second kappa shape index (κ2) is 7.09. The number of Topliss-reactive ketones (excluding diaryl/α,β-unsaturated/α-hetero) is 1. The van der Waals surface area contributed by atoms with Crippen molar-refractivity contribution in [3.05, 3.63) is 75.1 Å². The first kappa shape index (κ1) is 20.1. The molecule has 0 bridgehead atoms. The van der Waals surface area contributed by atoms with Crippen molar-refractivity contribution in [1.29, 1.82) is 0 Å². The van der Waals surface area contributed by atoms with Gasteiger partial charge in [-0.25, -0.2) is 4.79 Å². The lowest BCUT2D eigenvalue weighted by atomic mass is 9.68. The third-order valence-electron chi connectivity index (χ3n) is 6.12. The first-order valence-corrected chi connectivity index (χ1v) is 11.0. The van der Waals surface area contributed by atoms with Gasteiger partial charge in [0.2, 0.25) is 5.76 Å². The number of esters is 1. The molecule has 0 spiro atoms. The van der Waals surface area contributed by atoms with Crippen LogP contribution in [-0.2, 0) is 9.53 Å². The fourth-order valence-corrected chi connectivity index (χ4v) is 5.10. The van der Waals surface area contributed by atoms with Crippen molar-refractivity contribution in [3.8, 4) is 0 Å². The van der Waals surface area contributed by atoms with E-state index < -0.39 is 5.97 Å². The van der Waals surface area contributed by atoms with E-state index in [-0.39, 0.29) is 22.9 Å². The summed E-state index contributed by atoms with van der Waals surface area (Å²) < 4.78 is 11.6. The molecule has 1 aliphatic carbocycles. The van der Waals surface area contributed by atoms with Crippen molar-refractivity contribution in [2.75, 3.05) is 12.4 Å². The first-order chi connectivity index (χ1) is 14.8. The van der Waals surface area contributed by atoms with Crippen LogP contribution in [0.5, 0.6) is 0 Å². The number of hydrogen-bond acceptors (Lipinski definition) is 5. The summed E-state index contributed by atoms with van der Waals surface area (Å²) in [4.78, 5) is 25.5. The SMILES string of the molecule is COC(=O)c1cc2c3c(ccc2o1)NC1=C(C(=O)CC(C)(C)C1)C3c1ccc(Br)cc1. The number of ketones is 1. The van der Waals surface area contributed by atoms with Gasteiger partial charge in [-0.1, -0.05) is 41.9 Å². The van der Waals surface area contributed by atoms with Gasteiger partial charge < -0.3 is 14.5 Å². The summed E-state index contributed by atoms with van der Waals surface area (Å²) >= 11 is 3.51. The van der Waals surface area contributed by atoms with Gasteiger partial charge in [0.15, 0.2) is 5.78 Å². The van der Waals surface area contributed by atoms with Gasteiger partial charge in [-0.3, -0.25) is 4.79 Å². The predicted octanol–water partition coefficient (Wildman–Crippen LogP) is 6.18. The monoisotopic (exact) mass is 479 g/mol. The number of carbonyl (C=O) groups excluding carboxylic acids is 2. The molecule has 0 fully saturated rings. The number of methoxy groups -OCH3 is 1. The third kappa shape index (κ3) is 3.30. The van der Waals surface area contributed by atoms with Crippen LogP contribution in [0.3, 0.4) is 0 Å². The third-order valence-corrected chi connectivity index (χ3v) is 6.64. The zero-order valence-electron chi connectivity index (χ0n) is 17.5. The number of benzene rings is 2. The molecule has 1 N–H and O–H groups in total. The van der Waals surface area contributed by atoms with Crippen molar-refractivity contribution >= 4 is 44.3 Å². The number of halogens is 1. The first-order valence-electron chi connectivity index (χ1n) is 10.2. The molecule has 31 heavy (non-hydrogen) atoms. The number of carbonyl (C=O) groups is 2. The van der Waals surface area contributed by atoms with Gasteiger partial charge in [0.05, 0.1) is 7.11 Å². The molecule has 5 rings (SSSR count). The minimum Gasteiger partial charge on any atom is -0.463 e. The van der Waals surface area contributed by atoms with Gasteiger partial charge in [0.1, 0.15) is 5.58 Å². The van der Waals surface area contributed by atoms with Crippen LogP contribution in [-0.4, -0.2) is 18.9 Å². The van der Waals surface area contributed by atoms with Gasteiger partial charge in [0, 0.05) is 39.2 Å². The molecule has 6 heteroatoms. The molecule has 158 valence electrons. The molecule has 0 radical (unpaired) electrons. The Labute approximate surface area is 188 Å². The highest BCUT2D eigenvalue weighted by molar-refractivity contribution is 9.10. The standard InChI is InChI=1S/C25H22BrNO4/c1-25(2)11-17-23(18(28)12-25)21(13-4-6-14(26)7-5-13)22-15-10-20(24(29)30-3)31-19(15)9-8-16(22)27-17/h4-10,21,27H,11-12H2,1-3H3. The topological polar surface area (TPSA) is 68.5 Å². The molecular weight excluding hydrogens is 458 g/mol. The van der Waals surface area contributed by atoms with E-state index in [2.05, 4.69) is 35.1 Å². The molecule has 1 aliphatic heterocycles. The average Bonchev–Trinajstić information content (AvgIpc) is 3.16. The van der Waals surface area contributed by atoms with Crippen LogP contribution in [0, 0.1) is 5.41 Å². The fraction of sp³-hybridized carbons (Fsp3) is 0.280. The lowest BCUT2D eigenvalue weighted by Crippen LogP contribution is -2.33. The van der Waals surface area contributed by atoms with Gasteiger partial charge in [-0.2, -0.15) is 0 Å². The predicted molar refractivity (Wildman–Crippen MR) is 122 cm³/mol. The molecule has 0 amide bonds. The minimum absolute atomic E-state index is 0.0948. The normalized spacial score (nSPS) is 19.6. The highest BCUT2D eigenvalue weighted by Gasteiger charge is 2.41. The maximum absolute atomic E-state index is 13.4. The van der Waals surface area contributed by atoms with Crippen LogP contribution in [0.25, 0.3) is 11.0 Å². The second-order valence-corrected chi connectivity index (χ2v) is 9.90. The van der Waals surface area contributed by atoms with E-state index in [9.17, 15) is 9.59 Å². The van der Waals surface area contributed by atoms with E-state index in [0.29, 0.717) is 12.0 Å². The second-order valence-electron chi connectivity index (χ2n) is 8.98. The largest absolute Gasteiger partial charge is 0.463 e. The van der Waals surface area contributed by atoms with E-state index >= 15 is 0 Å². The molecule has 2 heterocycles. The average molecular weight is 480 g/mol. The van der Waals surface area contributed by atoms with Crippen molar-refractivity contribution in [2.45, 2.75) is 32.6 Å². The number of allylic oxidation sites excluding steroid dienone is 2. The number of rotatable bonds is 2. The lowest BCUT2D eigenvalue weighted by Gasteiger charge is -2.39. The zero-order chi connectivity index (χ0) is 21.9. The summed E-state index contributed by atoms with van der Waals surface area (Å²) in [6.07, 6.45) is 1.31. The molecule has 1 atom stereocenters. The summed E-state index contributed by atoms with van der Waals surface area (Å²) in [5, 5.41) is 4.34. The molecule has 2 aromatic carbocycles. The summed E-state index contributed by atoms with van der Waals surface area (Å²) in [6.45, 7) is 4.25. The van der Waals surface area contributed by atoms with E-state index in [1.165, 1.54) is 7.11 Å². The van der Waals surface area contributed by atoms with Crippen molar-refractivity contribution in [1.82, 2.24) is 0 Å². The lowest BCUT2D eigenvalue weighted by molar-refractivity contribution is -0.118. The van der Waals surface area contributed by atoms with E-state index in [4.69, 9.17) is 9.15 Å². The van der Waals surface area contributed by atoms with Crippen molar-refractivity contribution in [2.24, 2.45) is 5.41 Å². The number of ether oxygens (including phenoxy) is 1. The minimum atomic E-state index is -0.524.